The number of aliphatic hydroxyl groups is 1. The van der Waals surface area contributed by atoms with E-state index in [1.54, 1.807) is 25.1 Å². The number of nitrogens with two attached hydrogens (primary N) is 1. The molecular weight excluding hydrogens is 465 g/mol. The van der Waals surface area contributed by atoms with Crippen LogP contribution in [0.4, 0.5) is 17.5 Å². The molecule has 2 aromatic rings. The third kappa shape index (κ3) is 5.85. The molecular formula is C22H29Cl2N7O2. The summed E-state index contributed by atoms with van der Waals surface area (Å²) < 4.78 is 2.02. The van der Waals surface area contributed by atoms with Crippen LogP contribution in [0.1, 0.15) is 44.3 Å². The van der Waals surface area contributed by atoms with Crippen molar-refractivity contribution >= 4 is 59.2 Å². The number of nitrogens with zero attached hydrogens (tertiary/aromatic N) is 4. The highest BCUT2D eigenvalue weighted by molar-refractivity contribution is 6.39. The number of benzene rings is 1. The zero-order valence-corrected chi connectivity index (χ0v) is 20.2. The predicted molar refractivity (Wildman–Crippen MR) is 134 cm³/mol. The van der Waals surface area contributed by atoms with Crippen LogP contribution < -0.4 is 16.4 Å². The number of carbonyl (C=O) groups excluding carboxylic acids is 1. The van der Waals surface area contributed by atoms with Gasteiger partial charge in [0.1, 0.15) is 5.82 Å². The van der Waals surface area contributed by atoms with Gasteiger partial charge in [-0.1, -0.05) is 29.3 Å². The van der Waals surface area contributed by atoms with Gasteiger partial charge >= 0.3 is 0 Å². The Morgan fingerprint density at radius 3 is 2.52 bits per heavy atom. The Morgan fingerprint density at radius 1 is 1.33 bits per heavy atom. The number of nitrogens with one attached hydrogen (secondary N) is 2. The number of hydrogen-bond donors (Lipinski definition) is 4. The van der Waals surface area contributed by atoms with Gasteiger partial charge in [0.25, 0.3) is 0 Å². The van der Waals surface area contributed by atoms with Gasteiger partial charge in [-0.3, -0.25) is 9.36 Å². The number of aliphatic hydroxyl groups excluding tert-OH is 1. The van der Waals surface area contributed by atoms with Gasteiger partial charge in [0.05, 0.1) is 34.1 Å². The standard InChI is InChI=1S/C22H29Cl2N7O2/c1-12(11-32)27-21(26-3)30-20-13(2)28-22(29-18-16(23)5-4-6-17(18)24)31(20)15-9-7-14(8-10-15)19(25)33/h4-6,12,14-15,32H,3,7-11H2,1-2H3,(H2,25,33)(H,27,30)(H,28,29)/t12-,14?,15?/m0/s1. The molecule has 1 aliphatic carbocycles. The van der Waals surface area contributed by atoms with Crippen molar-refractivity contribution in [1.29, 1.82) is 0 Å². The number of rotatable bonds is 7. The first-order valence-electron chi connectivity index (χ1n) is 10.8. The first kappa shape index (κ1) is 25.0. The molecule has 3 rings (SSSR count). The number of hydrogen-bond acceptors (Lipinski definition) is 5. The molecule has 33 heavy (non-hydrogen) atoms. The summed E-state index contributed by atoms with van der Waals surface area (Å²) >= 11 is 12.8. The zero-order valence-electron chi connectivity index (χ0n) is 18.7. The lowest BCUT2D eigenvalue weighted by molar-refractivity contribution is -0.122. The summed E-state index contributed by atoms with van der Waals surface area (Å²) in [4.78, 5) is 24.7. The molecule has 1 aliphatic rings. The minimum atomic E-state index is -0.347. The van der Waals surface area contributed by atoms with Crippen LogP contribution >= 0.6 is 23.2 Å². The van der Waals surface area contributed by atoms with E-state index >= 15 is 0 Å². The summed E-state index contributed by atoms with van der Waals surface area (Å²) in [6, 6.07) is 4.95. The molecule has 0 bridgehead atoms. The summed E-state index contributed by atoms with van der Waals surface area (Å²) in [6.07, 6.45) is 2.85. The number of amides is 1. The first-order chi connectivity index (χ1) is 15.7. The number of imidazole rings is 1. The van der Waals surface area contributed by atoms with E-state index in [9.17, 15) is 9.90 Å². The second-order valence-corrected chi connectivity index (χ2v) is 8.95. The maximum atomic E-state index is 11.7. The largest absolute Gasteiger partial charge is 0.394 e. The Kier molecular flexibility index (Phi) is 8.34. The van der Waals surface area contributed by atoms with Crippen molar-refractivity contribution < 1.29 is 9.90 Å². The Balaban J connectivity index is 2.03. The fourth-order valence-electron chi connectivity index (χ4n) is 3.96. The summed E-state index contributed by atoms with van der Waals surface area (Å²) in [7, 11) is 0. The number of anilines is 3. The van der Waals surface area contributed by atoms with Crippen molar-refractivity contribution in [1.82, 2.24) is 9.55 Å². The van der Waals surface area contributed by atoms with Crippen molar-refractivity contribution in [3.05, 3.63) is 33.9 Å². The van der Waals surface area contributed by atoms with E-state index in [-0.39, 0.29) is 36.5 Å². The Bertz CT molecular complexity index is 1030. The number of carbonyl (C=O) groups is 1. The minimum Gasteiger partial charge on any atom is -0.394 e. The van der Waals surface area contributed by atoms with Gasteiger partial charge < -0.3 is 21.5 Å². The molecule has 178 valence electrons. The number of aryl methyl sites for hydroxylation is 1. The summed E-state index contributed by atoms with van der Waals surface area (Å²) in [5, 5.41) is 16.8. The number of aliphatic imine (C=N–C) groups is 2. The molecule has 0 spiro atoms. The van der Waals surface area contributed by atoms with E-state index in [4.69, 9.17) is 33.9 Å². The van der Waals surface area contributed by atoms with E-state index in [0.717, 1.165) is 12.8 Å². The molecule has 1 fully saturated rings. The first-order valence-corrected chi connectivity index (χ1v) is 11.5. The number of halogens is 2. The molecule has 0 saturated heterocycles. The van der Waals surface area contributed by atoms with Crippen LogP contribution in [-0.2, 0) is 4.79 Å². The summed E-state index contributed by atoms with van der Waals surface area (Å²) in [5.41, 5.74) is 6.78. The molecule has 1 saturated carbocycles. The molecule has 1 amide bonds. The predicted octanol–water partition coefficient (Wildman–Crippen LogP) is 4.31. The summed E-state index contributed by atoms with van der Waals surface area (Å²) in [6.45, 7) is 7.11. The van der Waals surface area contributed by atoms with Crippen molar-refractivity contribution in [2.24, 2.45) is 21.6 Å². The summed E-state index contributed by atoms with van der Waals surface area (Å²) in [5.74, 6) is 1.10. The van der Waals surface area contributed by atoms with Crippen molar-refractivity contribution in [2.45, 2.75) is 51.6 Å². The van der Waals surface area contributed by atoms with Gasteiger partial charge in [0.15, 0.2) is 0 Å². The quantitative estimate of drug-likeness (QED) is 0.337. The van der Waals surface area contributed by atoms with Crippen LogP contribution in [0.15, 0.2) is 28.2 Å². The molecule has 0 aliphatic heterocycles. The van der Waals surface area contributed by atoms with Gasteiger partial charge in [-0.25, -0.2) is 15.0 Å². The zero-order chi connectivity index (χ0) is 24.1. The van der Waals surface area contributed by atoms with Gasteiger partial charge in [-0.05, 0) is 58.4 Å². The maximum Gasteiger partial charge on any atom is 0.223 e. The Labute approximate surface area is 203 Å². The average molecular weight is 494 g/mol. The maximum absolute atomic E-state index is 11.7. The fourth-order valence-corrected chi connectivity index (χ4v) is 4.45. The molecule has 1 atom stereocenters. The number of aromatic nitrogens is 2. The molecule has 1 heterocycles. The topological polar surface area (TPSA) is 130 Å². The Morgan fingerprint density at radius 2 is 1.97 bits per heavy atom. The van der Waals surface area contributed by atoms with Gasteiger partial charge in [-0.15, -0.1) is 0 Å². The monoisotopic (exact) mass is 493 g/mol. The SMILES string of the molecule is C=NC(=N[C@@H](C)CO)Nc1c(C)nc(Nc2c(Cl)cccc2Cl)n1C1CCC(C(N)=O)CC1. The van der Waals surface area contributed by atoms with Gasteiger partial charge in [0.2, 0.25) is 17.8 Å². The van der Waals surface area contributed by atoms with E-state index < -0.39 is 0 Å². The van der Waals surface area contributed by atoms with Crippen LogP contribution in [-0.4, -0.2) is 45.9 Å². The number of para-hydroxylation sites is 1. The molecule has 9 nitrogen and oxygen atoms in total. The molecule has 5 N–H and O–H groups in total. The van der Waals surface area contributed by atoms with Crippen LogP contribution in [0, 0.1) is 12.8 Å². The second-order valence-electron chi connectivity index (χ2n) is 8.14. The normalized spacial score (nSPS) is 19.7. The lowest BCUT2D eigenvalue weighted by atomic mass is 9.85. The smallest absolute Gasteiger partial charge is 0.223 e. The highest BCUT2D eigenvalue weighted by Crippen LogP contribution is 2.40. The molecule has 1 aromatic carbocycles. The molecule has 1 aromatic heterocycles. The third-order valence-corrected chi connectivity index (χ3v) is 6.37. The van der Waals surface area contributed by atoms with Crippen molar-refractivity contribution in [2.75, 3.05) is 17.2 Å². The van der Waals surface area contributed by atoms with Crippen LogP contribution in [0.5, 0.6) is 0 Å². The third-order valence-electron chi connectivity index (χ3n) is 5.74. The minimum absolute atomic E-state index is 0.0365. The van der Waals surface area contributed by atoms with Crippen LogP contribution in [0.25, 0.3) is 0 Å². The molecule has 0 radical (unpaired) electrons. The number of primary amides is 1. The van der Waals surface area contributed by atoms with E-state index in [2.05, 4.69) is 27.3 Å². The van der Waals surface area contributed by atoms with Gasteiger partial charge in [-0.2, -0.15) is 0 Å². The van der Waals surface area contributed by atoms with E-state index in [1.807, 2.05) is 11.5 Å². The van der Waals surface area contributed by atoms with Gasteiger partial charge in [0, 0.05) is 12.0 Å². The van der Waals surface area contributed by atoms with Crippen molar-refractivity contribution in [3.8, 4) is 0 Å². The fraction of sp³-hybridized carbons (Fsp3) is 0.455. The number of guanidine groups is 1. The van der Waals surface area contributed by atoms with Crippen LogP contribution in [0.3, 0.4) is 0 Å². The highest BCUT2D eigenvalue weighted by Gasteiger charge is 2.30. The second kappa shape index (κ2) is 11.0. The molecule has 0 unspecified atom stereocenters. The Hall–Kier alpha value is -2.62. The van der Waals surface area contributed by atoms with E-state index in [1.165, 1.54) is 0 Å². The average Bonchev–Trinajstić information content (AvgIpc) is 3.10. The highest BCUT2D eigenvalue weighted by atomic mass is 35.5. The molecule has 11 heteroatoms. The van der Waals surface area contributed by atoms with E-state index in [0.29, 0.717) is 46.0 Å². The lowest BCUT2D eigenvalue weighted by Gasteiger charge is -2.30. The van der Waals surface area contributed by atoms with Crippen molar-refractivity contribution in [3.63, 3.8) is 0 Å². The lowest BCUT2D eigenvalue weighted by Crippen LogP contribution is -2.29. The van der Waals surface area contributed by atoms with Crippen LogP contribution in [0.2, 0.25) is 10.0 Å².